The van der Waals surface area contributed by atoms with Gasteiger partial charge in [-0.3, -0.25) is 9.10 Å². The lowest BCUT2D eigenvalue weighted by Gasteiger charge is -2.27. The number of rotatable bonds is 8. The fraction of sp³-hybridized carbons (Fsp3) is 0.263. The van der Waals surface area contributed by atoms with Crippen molar-refractivity contribution >= 4 is 27.8 Å². The minimum Gasteiger partial charge on any atom is -0.494 e. The first-order chi connectivity index (χ1) is 12.8. The first-order valence-corrected chi connectivity index (χ1v) is 10.3. The quantitative estimate of drug-likeness (QED) is 0.555. The fourth-order valence-electron chi connectivity index (χ4n) is 2.47. The molecule has 0 aliphatic carbocycles. The first kappa shape index (κ1) is 20.4. The lowest BCUT2D eigenvalue weighted by atomic mass is 10.2. The lowest BCUT2D eigenvalue weighted by molar-refractivity contribution is -0.121. The molecule has 0 spiro atoms. The zero-order valence-electron chi connectivity index (χ0n) is 15.5. The maximum atomic E-state index is 12.4. The van der Waals surface area contributed by atoms with E-state index in [2.05, 4.69) is 10.5 Å². The molecule has 1 atom stereocenters. The van der Waals surface area contributed by atoms with Crippen LogP contribution in [0.25, 0.3) is 0 Å². The Morgan fingerprint density at radius 2 is 1.81 bits per heavy atom. The van der Waals surface area contributed by atoms with E-state index in [0.717, 1.165) is 16.1 Å². The summed E-state index contributed by atoms with van der Waals surface area (Å²) in [5, 5.41) is 3.89. The zero-order chi connectivity index (χ0) is 19.9. The number of hydrazone groups is 1. The third-order valence-electron chi connectivity index (χ3n) is 3.68. The van der Waals surface area contributed by atoms with Gasteiger partial charge in [-0.25, -0.2) is 13.8 Å². The maximum Gasteiger partial charge on any atom is 0.263 e. The molecular weight excluding hydrogens is 366 g/mol. The predicted octanol–water partition coefficient (Wildman–Crippen LogP) is 2.39. The van der Waals surface area contributed by atoms with Crippen LogP contribution in [0.3, 0.4) is 0 Å². The van der Waals surface area contributed by atoms with Gasteiger partial charge >= 0.3 is 0 Å². The first-order valence-electron chi connectivity index (χ1n) is 8.43. The third kappa shape index (κ3) is 5.82. The summed E-state index contributed by atoms with van der Waals surface area (Å²) in [4.78, 5) is 12.4. The SMILES string of the molecule is CCOc1ccc(N([C@H](C)C(=O)N/N=C\c2ccccc2)S(C)(=O)=O)cc1. The number of nitrogens with one attached hydrogen (secondary N) is 1. The van der Waals surface area contributed by atoms with Crippen molar-refractivity contribution in [1.29, 1.82) is 0 Å². The molecule has 2 aromatic rings. The molecule has 7 nitrogen and oxygen atoms in total. The summed E-state index contributed by atoms with van der Waals surface area (Å²) in [7, 11) is -3.68. The molecule has 1 amide bonds. The number of hydrogen-bond donors (Lipinski definition) is 1. The Bertz CT molecular complexity index is 881. The molecule has 0 radical (unpaired) electrons. The number of ether oxygens (including phenoxy) is 1. The Morgan fingerprint density at radius 1 is 1.19 bits per heavy atom. The summed E-state index contributed by atoms with van der Waals surface area (Å²) in [6, 6.07) is 14.8. The lowest BCUT2D eigenvalue weighted by Crippen LogP contribution is -2.46. The molecule has 2 aromatic carbocycles. The number of nitrogens with zero attached hydrogens (tertiary/aromatic N) is 2. The van der Waals surface area contributed by atoms with E-state index in [4.69, 9.17) is 4.74 Å². The summed E-state index contributed by atoms with van der Waals surface area (Å²) < 4.78 is 30.9. The number of hydrogen-bond acceptors (Lipinski definition) is 5. The summed E-state index contributed by atoms with van der Waals surface area (Å²) in [5.74, 6) is 0.0840. The minimum absolute atomic E-state index is 0.371. The van der Waals surface area contributed by atoms with Gasteiger partial charge in [0.1, 0.15) is 11.8 Å². The van der Waals surface area contributed by atoms with E-state index in [1.165, 1.54) is 13.1 Å². The smallest absolute Gasteiger partial charge is 0.263 e. The van der Waals surface area contributed by atoms with Crippen LogP contribution in [0.2, 0.25) is 0 Å². The Labute approximate surface area is 159 Å². The molecule has 0 fully saturated rings. The average Bonchev–Trinajstić information content (AvgIpc) is 2.63. The fourth-order valence-corrected chi connectivity index (χ4v) is 3.64. The highest BCUT2D eigenvalue weighted by atomic mass is 32.2. The van der Waals surface area contributed by atoms with Crippen molar-refractivity contribution in [3.63, 3.8) is 0 Å². The molecule has 8 heteroatoms. The van der Waals surface area contributed by atoms with Crippen LogP contribution in [-0.4, -0.2) is 39.4 Å². The summed E-state index contributed by atoms with van der Waals surface area (Å²) in [5.41, 5.74) is 3.57. The van der Waals surface area contributed by atoms with Crippen LogP contribution in [0.5, 0.6) is 5.75 Å². The van der Waals surface area contributed by atoms with E-state index >= 15 is 0 Å². The Kier molecular flexibility index (Phi) is 6.95. The Hall–Kier alpha value is -2.87. The van der Waals surface area contributed by atoms with Gasteiger partial charge in [0.05, 0.1) is 24.8 Å². The molecule has 144 valence electrons. The van der Waals surface area contributed by atoms with Crippen molar-refractivity contribution in [2.75, 3.05) is 17.2 Å². The number of benzene rings is 2. The van der Waals surface area contributed by atoms with E-state index in [1.54, 1.807) is 24.3 Å². The van der Waals surface area contributed by atoms with Gasteiger partial charge in [0, 0.05) is 0 Å². The maximum absolute atomic E-state index is 12.4. The van der Waals surface area contributed by atoms with Gasteiger partial charge < -0.3 is 4.74 Å². The van der Waals surface area contributed by atoms with Crippen LogP contribution in [0.4, 0.5) is 5.69 Å². The van der Waals surface area contributed by atoms with Gasteiger partial charge in [0.25, 0.3) is 5.91 Å². The normalized spacial score (nSPS) is 12.6. The second-order valence-corrected chi connectivity index (χ2v) is 7.67. The third-order valence-corrected chi connectivity index (χ3v) is 4.92. The molecule has 0 aliphatic rings. The van der Waals surface area contributed by atoms with Crippen LogP contribution >= 0.6 is 0 Å². The highest BCUT2D eigenvalue weighted by Gasteiger charge is 2.29. The van der Waals surface area contributed by atoms with Gasteiger partial charge in [-0.2, -0.15) is 5.10 Å². The highest BCUT2D eigenvalue weighted by Crippen LogP contribution is 2.24. The van der Waals surface area contributed by atoms with Crippen molar-refractivity contribution in [3.05, 3.63) is 60.2 Å². The molecule has 0 aromatic heterocycles. The minimum atomic E-state index is -3.68. The van der Waals surface area contributed by atoms with Crippen molar-refractivity contribution in [1.82, 2.24) is 5.43 Å². The second-order valence-electron chi connectivity index (χ2n) is 5.81. The number of sulfonamides is 1. The van der Waals surface area contributed by atoms with Gasteiger partial charge in [-0.05, 0) is 43.7 Å². The number of anilines is 1. The van der Waals surface area contributed by atoms with Crippen molar-refractivity contribution in [3.8, 4) is 5.75 Å². The van der Waals surface area contributed by atoms with E-state index in [1.807, 2.05) is 37.3 Å². The van der Waals surface area contributed by atoms with Crippen LogP contribution in [0.1, 0.15) is 19.4 Å². The van der Waals surface area contributed by atoms with E-state index in [-0.39, 0.29) is 0 Å². The molecule has 27 heavy (non-hydrogen) atoms. The van der Waals surface area contributed by atoms with Crippen molar-refractivity contribution in [2.24, 2.45) is 5.10 Å². The van der Waals surface area contributed by atoms with Gasteiger partial charge in [0.2, 0.25) is 10.0 Å². The standard InChI is InChI=1S/C19H23N3O4S/c1-4-26-18-12-10-17(11-13-18)22(27(3,24)25)15(2)19(23)21-20-14-16-8-6-5-7-9-16/h5-15H,4H2,1-3H3,(H,21,23)/b20-14-/t15-/m1/s1. The Morgan fingerprint density at radius 3 is 2.37 bits per heavy atom. The Balaban J connectivity index is 2.15. The van der Waals surface area contributed by atoms with E-state index < -0.39 is 22.0 Å². The topological polar surface area (TPSA) is 88.1 Å². The summed E-state index contributed by atoms with van der Waals surface area (Å²) in [6.45, 7) is 3.87. The zero-order valence-corrected chi connectivity index (χ0v) is 16.3. The largest absolute Gasteiger partial charge is 0.494 e. The van der Waals surface area contributed by atoms with Gasteiger partial charge in [-0.1, -0.05) is 30.3 Å². The molecule has 2 rings (SSSR count). The molecular formula is C19H23N3O4S. The molecule has 0 heterocycles. The summed E-state index contributed by atoms with van der Waals surface area (Å²) >= 11 is 0. The van der Waals surface area contributed by atoms with E-state index in [9.17, 15) is 13.2 Å². The van der Waals surface area contributed by atoms with Crippen LogP contribution < -0.4 is 14.5 Å². The van der Waals surface area contributed by atoms with Crippen molar-refractivity contribution in [2.45, 2.75) is 19.9 Å². The van der Waals surface area contributed by atoms with Crippen LogP contribution in [-0.2, 0) is 14.8 Å². The number of carbonyl (C=O) groups excluding carboxylic acids is 1. The van der Waals surface area contributed by atoms with Gasteiger partial charge in [-0.15, -0.1) is 0 Å². The predicted molar refractivity (Wildman–Crippen MR) is 107 cm³/mol. The van der Waals surface area contributed by atoms with Crippen LogP contribution in [0.15, 0.2) is 59.7 Å². The highest BCUT2D eigenvalue weighted by molar-refractivity contribution is 7.92. The van der Waals surface area contributed by atoms with E-state index in [0.29, 0.717) is 18.0 Å². The molecule has 0 aliphatic heterocycles. The monoisotopic (exact) mass is 389 g/mol. The molecule has 0 saturated carbocycles. The molecule has 0 bridgehead atoms. The molecule has 1 N–H and O–H groups in total. The average molecular weight is 389 g/mol. The molecule has 0 saturated heterocycles. The van der Waals surface area contributed by atoms with Crippen molar-refractivity contribution < 1.29 is 17.9 Å². The number of amides is 1. The van der Waals surface area contributed by atoms with Gasteiger partial charge in [0.15, 0.2) is 0 Å². The second kappa shape index (κ2) is 9.18. The molecule has 0 unspecified atom stereocenters. The number of carbonyl (C=O) groups is 1. The summed E-state index contributed by atoms with van der Waals surface area (Å²) in [6.07, 6.45) is 2.55. The van der Waals surface area contributed by atoms with Crippen LogP contribution in [0, 0.1) is 0 Å².